The molecule has 0 spiro atoms. The first-order valence-corrected chi connectivity index (χ1v) is 7.81. The van der Waals surface area contributed by atoms with E-state index >= 15 is 0 Å². The lowest BCUT2D eigenvalue weighted by molar-refractivity contribution is 0.112. The molecule has 1 atom stereocenters. The largest absolute Gasteiger partial charge is 0.385 e. The van der Waals surface area contributed by atoms with Gasteiger partial charge in [0, 0.05) is 43.1 Å². The highest BCUT2D eigenvalue weighted by molar-refractivity contribution is 5.99. The third kappa shape index (κ3) is 2.33. The highest BCUT2D eigenvalue weighted by atomic mass is 16.5. The maximum Gasteiger partial charge on any atom is 0.152 e. The standard InChI is InChI=1S/C18H22N2O2/c1-3-16-15(13-21)14-7-4-5-8-17(14)20(16)18-9-11-19(18)10-6-12-22-2/h4-5,7-9,11,13,18H,3,6,10,12H2,1-2H3. The van der Waals surface area contributed by atoms with Gasteiger partial charge in [0.15, 0.2) is 6.29 Å². The molecule has 1 aromatic heterocycles. The van der Waals surface area contributed by atoms with Crippen molar-refractivity contribution in [3.8, 4) is 0 Å². The van der Waals surface area contributed by atoms with Gasteiger partial charge in [-0.15, -0.1) is 0 Å². The Hall–Kier alpha value is -2.07. The van der Waals surface area contributed by atoms with Crippen molar-refractivity contribution in [3.63, 3.8) is 0 Å². The fourth-order valence-electron chi connectivity index (χ4n) is 3.25. The van der Waals surface area contributed by atoms with Crippen LogP contribution in [0.1, 0.15) is 35.6 Å². The zero-order chi connectivity index (χ0) is 15.5. The SMILES string of the molecule is CCc1c(C=O)c2ccccc2n1C1C=CN1CCCOC. The summed E-state index contributed by atoms with van der Waals surface area (Å²) in [5, 5.41) is 1.05. The number of fused-ring (bicyclic) bond motifs is 1. The summed E-state index contributed by atoms with van der Waals surface area (Å²) < 4.78 is 7.43. The molecule has 4 heteroatoms. The minimum atomic E-state index is 0.199. The lowest BCUT2D eigenvalue weighted by Crippen LogP contribution is -2.35. The second kappa shape index (κ2) is 6.36. The second-order valence-electron chi connectivity index (χ2n) is 5.56. The van der Waals surface area contributed by atoms with Crippen LogP contribution in [0.15, 0.2) is 36.5 Å². The molecule has 1 aliphatic rings. The summed E-state index contributed by atoms with van der Waals surface area (Å²) in [5.74, 6) is 0. The van der Waals surface area contributed by atoms with Gasteiger partial charge in [-0.3, -0.25) is 4.79 Å². The smallest absolute Gasteiger partial charge is 0.152 e. The molecule has 0 amide bonds. The summed E-state index contributed by atoms with van der Waals surface area (Å²) in [4.78, 5) is 13.9. The first-order valence-electron chi connectivity index (χ1n) is 7.81. The highest BCUT2D eigenvalue weighted by Gasteiger charge is 2.27. The van der Waals surface area contributed by atoms with Gasteiger partial charge in [-0.05, 0) is 25.0 Å². The zero-order valence-corrected chi connectivity index (χ0v) is 13.2. The number of carbonyl (C=O) groups is 1. The minimum absolute atomic E-state index is 0.199. The molecule has 0 aliphatic carbocycles. The Morgan fingerprint density at radius 2 is 2.14 bits per heavy atom. The van der Waals surface area contributed by atoms with E-state index in [-0.39, 0.29) is 6.17 Å². The molecule has 3 rings (SSSR count). The zero-order valence-electron chi connectivity index (χ0n) is 13.2. The van der Waals surface area contributed by atoms with Gasteiger partial charge in [0.25, 0.3) is 0 Å². The molecule has 1 aromatic carbocycles. The Bertz CT molecular complexity index is 702. The predicted molar refractivity (Wildman–Crippen MR) is 88.1 cm³/mol. The molecule has 0 bridgehead atoms. The van der Waals surface area contributed by atoms with Gasteiger partial charge in [0.1, 0.15) is 6.17 Å². The van der Waals surface area contributed by atoms with Crippen LogP contribution in [0, 0.1) is 0 Å². The average Bonchev–Trinajstić information content (AvgIpc) is 2.84. The van der Waals surface area contributed by atoms with Gasteiger partial charge in [0.05, 0.1) is 5.52 Å². The third-order valence-corrected chi connectivity index (χ3v) is 4.33. The number of hydrogen-bond donors (Lipinski definition) is 0. The number of benzene rings is 1. The molecule has 116 valence electrons. The van der Waals surface area contributed by atoms with Crippen LogP contribution in [0.2, 0.25) is 0 Å². The average molecular weight is 298 g/mol. The monoisotopic (exact) mass is 298 g/mol. The summed E-state index contributed by atoms with van der Waals surface area (Å²) in [7, 11) is 1.73. The Morgan fingerprint density at radius 3 is 2.77 bits per heavy atom. The van der Waals surface area contributed by atoms with Crippen LogP contribution < -0.4 is 0 Å². The molecular formula is C18H22N2O2. The van der Waals surface area contributed by atoms with Crippen molar-refractivity contribution in [2.45, 2.75) is 25.9 Å². The van der Waals surface area contributed by atoms with E-state index in [1.807, 2.05) is 18.2 Å². The van der Waals surface area contributed by atoms with Crippen molar-refractivity contribution in [1.29, 1.82) is 0 Å². The molecule has 1 unspecified atom stereocenters. The summed E-state index contributed by atoms with van der Waals surface area (Å²) in [5.41, 5.74) is 3.07. The summed E-state index contributed by atoms with van der Waals surface area (Å²) in [6.45, 7) is 3.83. The van der Waals surface area contributed by atoms with Crippen LogP contribution in [0.5, 0.6) is 0 Å². The van der Waals surface area contributed by atoms with Crippen molar-refractivity contribution in [2.75, 3.05) is 20.3 Å². The highest BCUT2D eigenvalue weighted by Crippen LogP contribution is 2.34. The topological polar surface area (TPSA) is 34.5 Å². The van der Waals surface area contributed by atoms with Crippen LogP contribution in [-0.2, 0) is 11.2 Å². The lowest BCUT2D eigenvalue weighted by atomic mass is 10.1. The quantitative estimate of drug-likeness (QED) is 0.580. The number of aldehydes is 1. The van der Waals surface area contributed by atoms with Gasteiger partial charge < -0.3 is 14.2 Å². The molecule has 0 N–H and O–H groups in total. The second-order valence-corrected chi connectivity index (χ2v) is 5.56. The van der Waals surface area contributed by atoms with Crippen molar-refractivity contribution in [1.82, 2.24) is 9.47 Å². The number of methoxy groups -OCH3 is 1. The normalized spacial score (nSPS) is 17.0. The summed E-state index contributed by atoms with van der Waals surface area (Å²) in [6.07, 6.45) is 7.35. The fourth-order valence-corrected chi connectivity index (χ4v) is 3.25. The Balaban J connectivity index is 2.00. The van der Waals surface area contributed by atoms with E-state index in [0.29, 0.717) is 0 Å². The van der Waals surface area contributed by atoms with Crippen LogP contribution in [0.3, 0.4) is 0 Å². The van der Waals surface area contributed by atoms with E-state index < -0.39 is 0 Å². The molecule has 0 saturated heterocycles. The fraction of sp³-hybridized carbons (Fsp3) is 0.389. The Morgan fingerprint density at radius 1 is 1.32 bits per heavy atom. The number of ether oxygens (including phenoxy) is 1. The van der Waals surface area contributed by atoms with E-state index in [2.05, 4.69) is 34.7 Å². The number of rotatable bonds is 7. The molecule has 2 heterocycles. The number of carbonyl (C=O) groups excluding carboxylic acids is 1. The molecule has 0 saturated carbocycles. The molecule has 2 aromatic rings. The van der Waals surface area contributed by atoms with Crippen molar-refractivity contribution < 1.29 is 9.53 Å². The molecule has 0 fully saturated rings. The van der Waals surface area contributed by atoms with Gasteiger partial charge in [-0.1, -0.05) is 25.1 Å². The maximum absolute atomic E-state index is 11.6. The van der Waals surface area contributed by atoms with Crippen molar-refractivity contribution >= 4 is 17.2 Å². The van der Waals surface area contributed by atoms with Gasteiger partial charge in [-0.25, -0.2) is 0 Å². The third-order valence-electron chi connectivity index (χ3n) is 4.33. The van der Waals surface area contributed by atoms with Crippen LogP contribution in [0.25, 0.3) is 10.9 Å². The number of nitrogens with zero attached hydrogens (tertiary/aromatic N) is 2. The molecule has 0 radical (unpaired) electrons. The first-order chi connectivity index (χ1) is 10.8. The van der Waals surface area contributed by atoms with Crippen molar-refractivity contribution in [3.05, 3.63) is 47.8 Å². The van der Waals surface area contributed by atoms with Crippen LogP contribution >= 0.6 is 0 Å². The van der Waals surface area contributed by atoms with Gasteiger partial charge in [-0.2, -0.15) is 0 Å². The summed E-state index contributed by atoms with van der Waals surface area (Å²) in [6, 6.07) is 8.16. The molecule has 1 aliphatic heterocycles. The molecule has 4 nitrogen and oxygen atoms in total. The van der Waals surface area contributed by atoms with E-state index in [4.69, 9.17) is 4.74 Å². The predicted octanol–water partition coefficient (Wildman–Crippen LogP) is 3.38. The van der Waals surface area contributed by atoms with Crippen molar-refractivity contribution in [2.24, 2.45) is 0 Å². The Labute approximate surface area is 131 Å². The maximum atomic E-state index is 11.6. The Kier molecular flexibility index (Phi) is 4.29. The molecule has 22 heavy (non-hydrogen) atoms. The van der Waals surface area contributed by atoms with E-state index in [0.717, 1.165) is 54.4 Å². The number of para-hydroxylation sites is 1. The summed E-state index contributed by atoms with van der Waals surface area (Å²) >= 11 is 0. The van der Waals surface area contributed by atoms with E-state index in [9.17, 15) is 4.79 Å². The van der Waals surface area contributed by atoms with Gasteiger partial charge >= 0.3 is 0 Å². The lowest BCUT2D eigenvalue weighted by Gasteiger charge is -2.38. The minimum Gasteiger partial charge on any atom is -0.385 e. The van der Waals surface area contributed by atoms with Crippen LogP contribution in [0.4, 0.5) is 0 Å². The van der Waals surface area contributed by atoms with E-state index in [1.54, 1.807) is 7.11 Å². The van der Waals surface area contributed by atoms with Gasteiger partial charge in [0.2, 0.25) is 0 Å². The van der Waals surface area contributed by atoms with Crippen LogP contribution in [-0.4, -0.2) is 36.0 Å². The van der Waals surface area contributed by atoms with E-state index in [1.165, 1.54) is 0 Å². The molecular weight excluding hydrogens is 276 g/mol. The first kappa shape index (κ1) is 14.9. The number of aromatic nitrogens is 1. The number of hydrogen-bond acceptors (Lipinski definition) is 3.